The molecule has 5 nitrogen and oxygen atoms in total. The third-order valence-electron chi connectivity index (χ3n) is 2.76. The predicted molar refractivity (Wildman–Crippen MR) is 65.6 cm³/mol. The highest BCUT2D eigenvalue weighted by Crippen LogP contribution is 2.20. The fraction of sp³-hybridized carbons (Fsp3) is 0.500. The lowest BCUT2D eigenvalue weighted by Crippen LogP contribution is -2.45. The SMILES string of the molecule is C[C@@H]1CN(c2ccc(N)c(C#N)n2)C[C@H](C)O1. The van der Waals surface area contributed by atoms with Crippen molar-refractivity contribution in [3.8, 4) is 6.07 Å². The van der Waals surface area contributed by atoms with Crippen LogP contribution in [0.15, 0.2) is 12.1 Å². The van der Waals surface area contributed by atoms with Gasteiger partial charge in [0.2, 0.25) is 0 Å². The molecule has 5 heteroatoms. The van der Waals surface area contributed by atoms with Gasteiger partial charge in [-0.25, -0.2) is 4.98 Å². The predicted octanol–water partition coefficient (Wildman–Crippen LogP) is 1.15. The van der Waals surface area contributed by atoms with Crippen LogP contribution in [0.4, 0.5) is 11.5 Å². The molecular weight excluding hydrogens is 216 g/mol. The fourth-order valence-electron chi connectivity index (χ4n) is 2.09. The highest BCUT2D eigenvalue weighted by molar-refractivity contribution is 5.55. The number of nitrogens with zero attached hydrogens (tertiary/aromatic N) is 3. The summed E-state index contributed by atoms with van der Waals surface area (Å²) in [7, 11) is 0. The van der Waals surface area contributed by atoms with Crippen LogP contribution in [0.5, 0.6) is 0 Å². The molecule has 2 heterocycles. The van der Waals surface area contributed by atoms with E-state index in [4.69, 9.17) is 15.7 Å². The first-order valence-electron chi connectivity index (χ1n) is 5.67. The van der Waals surface area contributed by atoms with Crippen LogP contribution in [0.2, 0.25) is 0 Å². The van der Waals surface area contributed by atoms with Crippen molar-refractivity contribution in [2.24, 2.45) is 0 Å². The smallest absolute Gasteiger partial charge is 0.165 e. The first-order valence-corrected chi connectivity index (χ1v) is 5.67. The Hall–Kier alpha value is -1.80. The number of morpholine rings is 1. The van der Waals surface area contributed by atoms with Gasteiger partial charge in [-0.2, -0.15) is 5.26 Å². The van der Waals surface area contributed by atoms with E-state index in [1.807, 2.05) is 26.0 Å². The maximum atomic E-state index is 8.91. The molecule has 2 N–H and O–H groups in total. The molecule has 1 saturated heterocycles. The number of aromatic nitrogens is 1. The number of anilines is 2. The van der Waals surface area contributed by atoms with Gasteiger partial charge in [-0.05, 0) is 26.0 Å². The Morgan fingerprint density at radius 2 is 2.06 bits per heavy atom. The minimum atomic E-state index is 0.170. The fourth-order valence-corrected chi connectivity index (χ4v) is 2.09. The van der Waals surface area contributed by atoms with E-state index in [-0.39, 0.29) is 17.9 Å². The Morgan fingerprint density at radius 3 is 2.65 bits per heavy atom. The zero-order chi connectivity index (χ0) is 12.4. The van der Waals surface area contributed by atoms with Crippen molar-refractivity contribution in [3.63, 3.8) is 0 Å². The average molecular weight is 232 g/mol. The molecule has 0 unspecified atom stereocenters. The van der Waals surface area contributed by atoms with Crippen LogP contribution in [-0.4, -0.2) is 30.3 Å². The molecular formula is C12H16N4O. The Labute approximate surface area is 101 Å². The summed E-state index contributed by atoms with van der Waals surface area (Å²) in [5, 5.41) is 8.91. The highest BCUT2D eigenvalue weighted by atomic mass is 16.5. The summed E-state index contributed by atoms with van der Waals surface area (Å²) in [6, 6.07) is 5.58. The lowest BCUT2D eigenvalue weighted by atomic mass is 10.2. The standard InChI is InChI=1S/C12H16N4O/c1-8-6-16(7-9(2)17-8)12-4-3-10(14)11(5-13)15-12/h3-4,8-9H,6-7,14H2,1-2H3/t8-,9+. The van der Waals surface area contributed by atoms with Crippen LogP contribution in [0, 0.1) is 11.3 Å². The first kappa shape index (κ1) is 11.7. The van der Waals surface area contributed by atoms with Crippen molar-refractivity contribution >= 4 is 11.5 Å². The lowest BCUT2D eigenvalue weighted by Gasteiger charge is -2.36. The van der Waals surface area contributed by atoms with Crippen LogP contribution < -0.4 is 10.6 Å². The van der Waals surface area contributed by atoms with Crippen molar-refractivity contribution < 1.29 is 4.74 Å². The largest absolute Gasteiger partial charge is 0.396 e. The molecule has 1 aromatic rings. The molecule has 0 aliphatic carbocycles. The van der Waals surface area contributed by atoms with Crippen LogP contribution >= 0.6 is 0 Å². The van der Waals surface area contributed by atoms with E-state index < -0.39 is 0 Å². The molecule has 0 aromatic carbocycles. The van der Waals surface area contributed by atoms with Crippen LogP contribution in [-0.2, 0) is 4.74 Å². The second-order valence-corrected chi connectivity index (χ2v) is 4.38. The van der Waals surface area contributed by atoms with E-state index >= 15 is 0 Å². The van der Waals surface area contributed by atoms with Crippen LogP contribution in [0.1, 0.15) is 19.5 Å². The molecule has 0 radical (unpaired) electrons. The summed E-state index contributed by atoms with van der Waals surface area (Å²) in [6.45, 7) is 5.63. The molecule has 0 bridgehead atoms. The first-order chi connectivity index (χ1) is 8.10. The molecule has 17 heavy (non-hydrogen) atoms. The molecule has 0 spiro atoms. The molecule has 2 atom stereocenters. The quantitative estimate of drug-likeness (QED) is 0.786. The van der Waals surface area contributed by atoms with Gasteiger partial charge in [-0.1, -0.05) is 0 Å². The van der Waals surface area contributed by atoms with Gasteiger partial charge in [0.15, 0.2) is 5.69 Å². The van der Waals surface area contributed by atoms with Gasteiger partial charge in [0.1, 0.15) is 11.9 Å². The zero-order valence-corrected chi connectivity index (χ0v) is 10.1. The second-order valence-electron chi connectivity index (χ2n) is 4.38. The molecule has 1 aromatic heterocycles. The van der Waals surface area contributed by atoms with Gasteiger partial charge in [-0.15, -0.1) is 0 Å². The van der Waals surface area contributed by atoms with Crippen LogP contribution in [0.25, 0.3) is 0 Å². The third-order valence-corrected chi connectivity index (χ3v) is 2.76. The molecule has 2 rings (SSSR count). The highest BCUT2D eigenvalue weighted by Gasteiger charge is 2.23. The van der Waals surface area contributed by atoms with Gasteiger partial charge in [0.05, 0.1) is 17.9 Å². The van der Waals surface area contributed by atoms with Gasteiger partial charge >= 0.3 is 0 Å². The minimum absolute atomic E-state index is 0.170. The monoisotopic (exact) mass is 232 g/mol. The van der Waals surface area contributed by atoms with Gasteiger partial charge in [-0.3, -0.25) is 0 Å². The second kappa shape index (κ2) is 4.60. The summed E-state index contributed by atoms with van der Waals surface area (Å²) >= 11 is 0. The zero-order valence-electron chi connectivity index (χ0n) is 10.1. The van der Waals surface area contributed by atoms with E-state index in [1.54, 1.807) is 6.07 Å². The summed E-state index contributed by atoms with van der Waals surface area (Å²) in [4.78, 5) is 6.39. The van der Waals surface area contributed by atoms with Gasteiger partial charge < -0.3 is 15.4 Å². The topological polar surface area (TPSA) is 75.2 Å². The maximum absolute atomic E-state index is 8.91. The van der Waals surface area contributed by atoms with Crippen molar-refractivity contribution in [1.82, 2.24) is 4.98 Å². The average Bonchev–Trinajstić information content (AvgIpc) is 2.28. The van der Waals surface area contributed by atoms with Crippen molar-refractivity contribution in [2.75, 3.05) is 23.7 Å². The Balaban J connectivity index is 2.25. The number of hydrogen-bond acceptors (Lipinski definition) is 5. The summed E-state index contributed by atoms with van der Waals surface area (Å²) in [5.41, 5.74) is 6.36. The number of nitrogens with two attached hydrogens (primary N) is 1. The molecule has 90 valence electrons. The van der Waals surface area contributed by atoms with Crippen molar-refractivity contribution in [3.05, 3.63) is 17.8 Å². The van der Waals surface area contributed by atoms with E-state index in [2.05, 4.69) is 9.88 Å². The van der Waals surface area contributed by atoms with E-state index in [1.165, 1.54) is 0 Å². The summed E-state index contributed by atoms with van der Waals surface area (Å²) < 4.78 is 5.66. The Kier molecular flexibility index (Phi) is 3.16. The maximum Gasteiger partial charge on any atom is 0.165 e. The molecule has 0 saturated carbocycles. The molecule has 1 fully saturated rings. The van der Waals surface area contributed by atoms with E-state index in [9.17, 15) is 0 Å². The van der Waals surface area contributed by atoms with E-state index in [0.29, 0.717) is 5.69 Å². The van der Waals surface area contributed by atoms with Crippen LogP contribution in [0.3, 0.4) is 0 Å². The molecule has 1 aliphatic rings. The Bertz CT molecular complexity index is 444. The number of nitriles is 1. The number of rotatable bonds is 1. The minimum Gasteiger partial charge on any atom is -0.396 e. The summed E-state index contributed by atoms with van der Waals surface area (Å²) in [5.74, 6) is 0.790. The molecule has 0 amide bonds. The number of ether oxygens (including phenoxy) is 1. The number of nitrogen functional groups attached to an aromatic ring is 1. The lowest BCUT2D eigenvalue weighted by molar-refractivity contribution is -0.00545. The molecule has 1 aliphatic heterocycles. The number of pyridine rings is 1. The summed E-state index contributed by atoms with van der Waals surface area (Å²) in [6.07, 6.45) is 0.340. The van der Waals surface area contributed by atoms with Gasteiger partial charge in [0.25, 0.3) is 0 Å². The normalized spacial score (nSPS) is 24.4. The van der Waals surface area contributed by atoms with Crippen molar-refractivity contribution in [1.29, 1.82) is 5.26 Å². The van der Waals surface area contributed by atoms with Gasteiger partial charge in [0, 0.05) is 13.1 Å². The Morgan fingerprint density at radius 1 is 1.41 bits per heavy atom. The van der Waals surface area contributed by atoms with Crippen molar-refractivity contribution in [2.45, 2.75) is 26.1 Å². The number of hydrogen-bond donors (Lipinski definition) is 1. The third kappa shape index (κ3) is 2.48. The van der Waals surface area contributed by atoms with E-state index in [0.717, 1.165) is 18.9 Å².